The first kappa shape index (κ1) is 15.1. The van der Waals surface area contributed by atoms with Crippen LogP contribution in [0.4, 0.5) is 5.69 Å². The SMILES string of the molecule is Cc1ccc(N)c(SCC(=O)NC(=O)c2ccccc2)c1. The maximum atomic E-state index is 11.8. The van der Waals surface area contributed by atoms with E-state index >= 15 is 0 Å². The average molecular weight is 300 g/mol. The zero-order valence-corrected chi connectivity index (χ0v) is 12.4. The number of anilines is 1. The number of thioether (sulfide) groups is 1. The zero-order valence-electron chi connectivity index (χ0n) is 11.6. The van der Waals surface area contributed by atoms with Crippen LogP contribution in [0.2, 0.25) is 0 Å². The minimum absolute atomic E-state index is 0.145. The molecule has 4 nitrogen and oxygen atoms in total. The summed E-state index contributed by atoms with van der Waals surface area (Å²) in [4.78, 5) is 24.5. The molecule has 2 amide bonds. The van der Waals surface area contributed by atoms with Gasteiger partial charge in [0.05, 0.1) is 5.75 Å². The predicted molar refractivity (Wildman–Crippen MR) is 85.2 cm³/mol. The number of benzene rings is 2. The van der Waals surface area contributed by atoms with Gasteiger partial charge in [-0.2, -0.15) is 0 Å². The first-order valence-electron chi connectivity index (χ1n) is 6.44. The molecule has 5 heteroatoms. The van der Waals surface area contributed by atoms with Crippen LogP contribution < -0.4 is 11.1 Å². The van der Waals surface area contributed by atoms with Crippen molar-refractivity contribution in [1.82, 2.24) is 5.32 Å². The monoisotopic (exact) mass is 300 g/mol. The molecule has 0 atom stereocenters. The van der Waals surface area contributed by atoms with Gasteiger partial charge in [-0.15, -0.1) is 11.8 Å². The molecule has 0 aromatic heterocycles. The second kappa shape index (κ2) is 6.95. The van der Waals surface area contributed by atoms with Crippen LogP contribution in [-0.4, -0.2) is 17.6 Å². The minimum Gasteiger partial charge on any atom is -0.398 e. The Balaban J connectivity index is 1.91. The number of rotatable bonds is 4. The standard InChI is InChI=1S/C16H16N2O2S/c1-11-7-8-13(17)14(9-11)21-10-15(19)18-16(20)12-5-3-2-4-6-12/h2-9H,10,17H2,1H3,(H,18,19,20). The Labute approximate surface area is 127 Å². The summed E-state index contributed by atoms with van der Waals surface area (Å²) in [7, 11) is 0. The van der Waals surface area contributed by atoms with Gasteiger partial charge in [0.1, 0.15) is 0 Å². The van der Waals surface area contributed by atoms with Gasteiger partial charge < -0.3 is 5.73 Å². The summed E-state index contributed by atoms with van der Waals surface area (Å²) in [6.45, 7) is 1.96. The fraction of sp³-hybridized carbons (Fsp3) is 0.125. The molecule has 2 aromatic rings. The molecule has 0 aliphatic carbocycles. The van der Waals surface area contributed by atoms with E-state index in [9.17, 15) is 9.59 Å². The summed E-state index contributed by atoms with van der Waals surface area (Å²) in [5.74, 6) is -0.583. The quantitative estimate of drug-likeness (QED) is 0.672. The van der Waals surface area contributed by atoms with Crippen molar-refractivity contribution >= 4 is 29.3 Å². The van der Waals surface area contributed by atoms with Gasteiger partial charge in [0, 0.05) is 16.1 Å². The molecule has 0 saturated heterocycles. The van der Waals surface area contributed by atoms with Crippen LogP contribution in [0.1, 0.15) is 15.9 Å². The second-order valence-corrected chi connectivity index (χ2v) is 5.59. The number of nitrogens with two attached hydrogens (primary N) is 1. The third kappa shape index (κ3) is 4.36. The van der Waals surface area contributed by atoms with Crippen LogP contribution in [0, 0.1) is 6.92 Å². The Morgan fingerprint density at radius 2 is 1.86 bits per heavy atom. The lowest BCUT2D eigenvalue weighted by Crippen LogP contribution is -2.31. The zero-order chi connectivity index (χ0) is 15.2. The van der Waals surface area contributed by atoms with E-state index in [0.29, 0.717) is 11.3 Å². The Morgan fingerprint density at radius 3 is 2.57 bits per heavy atom. The van der Waals surface area contributed by atoms with Gasteiger partial charge in [-0.3, -0.25) is 14.9 Å². The maximum absolute atomic E-state index is 11.8. The molecule has 0 spiro atoms. The van der Waals surface area contributed by atoms with Crippen LogP contribution in [-0.2, 0) is 4.79 Å². The van der Waals surface area contributed by atoms with Crippen molar-refractivity contribution in [2.75, 3.05) is 11.5 Å². The predicted octanol–water partition coefficient (Wildman–Crippen LogP) is 2.63. The largest absolute Gasteiger partial charge is 0.398 e. The highest BCUT2D eigenvalue weighted by Gasteiger charge is 2.11. The molecule has 0 heterocycles. The molecular formula is C16H16N2O2S. The van der Waals surface area contributed by atoms with Crippen LogP contribution in [0.15, 0.2) is 53.4 Å². The van der Waals surface area contributed by atoms with Crippen molar-refractivity contribution in [3.63, 3.8) is 0 Å². The molecule has 0 aliphatic rings. The molecule has 108 valence electrons. The number of hydrogen-bond acceptors (Lipinski definition) is 4. The number of amides is 2. The lowest BCUT2D eigenvalue weighted by atomic mass is 10.2. The van der Waals surface area contributed by atoms with Crippen molar-refractivity contribution in [3.8, 4) is 0 Å². The van der Waals surface area contributed by atoms with Gasteiger partial charge in [-0.1, -0.05) is 24.3 Å². The summed E-state index contributed by atoms with van der Waals surface area (Å²) in [5, 5.41) is 2.36. The topological polar surface area (TPSA) is 72.2 Å². The number of carbonyl (C=O) groups excluding carboxylic acids is 2. The number of hydrogen-bond donors (Lipinski definition) is 2. The highest BCUT2D eigenvalue weighted by atomic mass is 32.2. The third-order valence-electron chi connectivity index (χ3n) is 2.82. The van der Waals surface area contributed by atoms with Gasteiger partial charge in [0.25, 0.3) is 5.91 Å². The summed E-state index contributed by atoms with van der Waals surface area (Å²) < 4.78 is 0. The number of aryl methyl sites for hydroxylation is 1. The first-order chi connectivity index (χ1) is 10.1. The third-order valence-corrected chi connectivity index (χ3v) is 3.89. The van der Waals surface area contributed by atoms with E-state index in [2.05, 4.69) is 5.32 Å². The van der Waals surface area contributed by atoms with E-state index in [0.717, 1.165) is 10.5 Å². The number of carbonyl (C=O) groups is 2. The number of imide groups is 1. The Kier molecular flexibility index (Phi) is 5.00. The lowest BCUT2D eigenvalue weighted by molar-refractivity contribution is -0.117. The Bertz CT molecular complexity index is 657. The van der Waals surface area contributed by atoms with Gasteiger partial charge in [0.2, 0.25) is 5.91 Å². The lowest BCUT2D eigenvalue weighted by Gasteiger charge is -2.07. The van der Waals surface area contributed by atoms with Crippen LogP contribution >= 0.6 is 11.8 Å². The number of nitrogens with one attached hydrogen (secondary N) is 1. The van der Waals surface area contributed by atoms with Gasteiger partial charge in [-0.25, -0.2) is 0 Å². The van der Waals surface area contributed by atoms with E-state index < -0.39 is 5.91 Å². The highest BCUT2D eigenvalue weighted by molar-refractivity contribution is 8.00. The van der Waals surface area contributed by atoms with Crippen molar-refractivity contribution < 1.29 is 9.59 Å². The molecule has 0 aliphatic heterocycles. The molecule has 2 rings (SSSR count). The Hall–Kier alpha value is -2.27. The molecule has 2 aromatic carbocycles. The smallest absolute Gasteiger partial charge is 0.257 e. The van der Waals surface area contributed by atoms with E-state index in [4.69, 9.17) is 5.73 Å². The average Bonchev–Trinajstić information content (AvgIpc) is 2.49. The van der Waals surface area contributed by atoms with Crippen LogP contribution in [0.3, 0.4) is 0 Å². The van der Waals surface area contributed by atoms with Gasteiger partial charge in [-0.05, 0) is 36.8 Å². The molecule has 21 heavy (non-hydrogen) atoms. The van der Waals surface area contributed by atoms with Crippen LogP contribution in [0.5, 0.6) is 0 Å². The molecule has 0 unspecified atom stereocenters. The summed E-state index contributed by atoms with van der Waals surface area (Å²) in [6.07, 6.45) is 0. The van der Waals surface area contributed by atoms with E-state index in [1.165, 1.54) is 11.8 Å². The van der Waals surface area contributed by atoms with Crippen LogP contribution in [0.25, 0.3) is 0 Å². The van der Waals surface area contributed by atoms with Crippen molar-refractivity contribution in [2.45, 2.75) is 11.8 Å². The second-order valence-electron chi connectivity index (χ2n) is 4.57. The van der Waals surface area contributed by atoms with Gasteiger partial charge >= 0.3 is 0 Å². The highest BCUT2D eigenvalue weighted by Crippen LogP contribution is 2.25. The van der Waals surface area contributed by atoms with E-state index in [1.807, 2.05) is 31.2 Å². The fourth-order valence-corrected chi connectivity index (χ4v) is 2.60. The summed E-state index contributed by atoms with van der Waals surface area (Å²) in [6, 6.07) is 14.3. The first-order valence-corrected chi connectivity index (χ1v) is 7.43. The van der Waals surface area contributed by atoms with Crippen molar-refractivity contribution in [1.29, 1.82) is 0 Å². The molecule has 0 fully saturated rings. The fourth-order valence-electron chi connectivity index (χ4n) is 1.73. The summed E-state index contributed by atoms with van der Waals surface area (Å²) in [5.41, 5.74) is 8.02. The van der Waals surface area contributed by atoms with Crippen molar-refractivity contribution in [2.24, 2.45) is 0 Å². The molecular weight excluding hydrogens is 284 g/mol. The Morgan fingerprint density at radius 1 is 1.14 bits per heavy atom. The number of nitrogen functional groups attached to an aromatic ring is 1. The van der Waals surface area contributed by atoms with E-state index in [-0.39, 0.29) is 11.7 Å². The minimum atomic E-state index is -0.390. The molecule has 0 saturated carbocycles. The normalized spacial score (nSPS) is 10.1. The van der Waals surface area contributed by atoms with E-state index in [1.54, 1.807) is 24.3 Å². The molecule has 3 N–H and O–H groups in total. The maximum Gasteiger partial charge on any atom is 0.257 e. The summed E-state index contributed by atoms with van der Waals surface area (Å²) >= 11 is 1.32. The molecule has 0 bridgehead atoms. The van der Waals surface area contributed by atoms with Gasteiger partial charge in [0.15, 0.2) is 0 Å². The molecule has 0 radical (unpaired) electrons. The van der Waals surface area contributed by atoms with Crippen molar-refractivity contribution in [3.05, 3.63) is 59.7 Å².